The first-order valence-electron chi connectivity index (χ1n) is 8.01. The van der Waals surface area contributed by atoms with Crippen LogP contribution in [0.25, 0.3) is 11.0 Å². The number of nitrogens with one attached hydrogen (secondary N) is 2. The maximum Gasteiger partial charge on any atom is 0.302 e. The van der Waals surface area contributed by atoms with E-state index in [1.807, 2.05) is 5.48 Å². The van der Waals surface area contributed by atoms with Gasteiger partial charge < -0.3 is 25.2 Å². The summed E-state index contributed by atoms with van der Waals surface area (Å²) in [4.78, 5) is 21.1. The van der Waals surface area contributed by atoms with E-state index in [0.717, 1.165) is 0 Å². The van der Waals surface area contributed by atoms with Crippen molar-refractivity contribution < 1.29 is 29.3 Å². The van der Waals surface area contributed by atoms with Gasteiger partial charge in [-0.1, -0.05) is 27.5 Å². The van der Waals surface area contributed by atoms with Crippen molar-refractivity contribution >= 4 is 55.8 Å². The number of aliphatic hydroxyl groups is 3. The second-order valence-corrected chi connectivity index (χ2v) is 7.40. The molecule has 0 aliphatic carbocycles. The highest BCUT2D eigenvalue weighted by atomic mass is 79.9. The number of rotatable bonds is 6. The molecule has 29 heavy (non-hydrogen) atoms. The SMILES string of the molecule is Cn1cnc2c(F)c(Nc3ccc(Br)cc3Cl)c(C(=O)NOCC(O)(O)O)cc21. The summed E-state index contributed by atoms with van der Waals surface area (Å²) in [6, 6.07) is 6.23. The summed E-state index contributed by atoms with van der Waals surface area (Å²) in [6.07, 6.45) is 1.39. The van der Waals surface area contributed by atoms with Crippen LogP contribution in [0.5, 0.6) is 0 Å². The number of imidazole rings is 1. The van der Waals surface area contributed by atoms with E-state index in [2.05, 4.69) is 31.1 Å². The molecule has 0 spiro atoms. The number of aromatic nitrogens is 2. The molecule has 1 amide bonds. The van der Waals surface area contributed by atoms with Crippen molar-refractivity contribution in [3.8, 4) is 0 Å². The van der Waals surface area contributed by atoms with Crippen LogP contribution in [0, 0.1) is 5.82 Å². The number of aryl methyl sites for hydroxylation is 1. The van der Waals surface area contributed by atoms with Gasteiger partial charge in [0, 0.05) is 11.5 Å². The average Bonchev–Trinajstić information content (AvgIpc) is 2.99. The number of hydrogen-bond acceptors (Lipinski definition) is 7. The van der Waals surface area contributed by atoms with Gasteiger partial charge in [-0.05, 0) is 24.3 Å². The van der Waals surface area contributed by atoms with E-state index in [-0.39, 0.29) is 21.8 Å². The lowest BCUT2D eigenvalue weighted by Gasteiger charge is -2.17. The highest BCUT2D eigenvalue weighted by Gasteiger charge is 2.24. The lowest BCUT2D eigenvalue weighted by atomic mass is 10.1. The molecule has 154 valence electrons. The summed E-state index contributed by atoms with van der Waals surface area (Å²) in [7, 11) is 1.63. The summed E-state index contributed by atoms with van der Waals surface area (Å²) in [5, 5.41) is 29.5. The Hall–Kier alpha value is -2.28. The Morgan fingerprint density at radius 1 is 1.38 bits per heavy atom. The molecule has 5 N–H and O–H groups in total. The van der Waals surface area contributed by atoms with E-state index >= 15 is 4.39 Å². The van der Waals surface area contributed by atoms with E-state index < -0.39 is 24.3 Å². The molecule has 3 rings (SSSR count). The molecule has 9 nitrogen and oxygen atoms in total. The minimum Gasteiger partial charge on any atom is -0.351 e. The number of hydrogen-bond donors (Lipinski definition) is 5. The summed E-state index contributed by atoms with van der Waals surface area (Å²) in [5.74, 6) is -4.85. The molecule has 0 fully saturated rings. The smallest absolute Gasteiger partial charge is 0.302 e. The number of anilines is 2. The fourth-order valence-electron chi connectivity index (χ4n) is 2.50. The molecular weight excluding hydrogens is 475 g/mol. The Bertz CT molecular complexity index is 1090. The van der Waals surface area contributed by atoms with Crippen LogP contribution >= 0.6 is 27.5 Å². The van der Waals surface area contributed by atoms with Crippen molar-refractivity contribution in [2.24, 2.45) is 7.05 Å². The van der Waals surface area contributed by atoms with Crippen molar-refractivity contribution in [3.63, 3.8) is 0 Å². The molecular formula is C17H15BrClFN4O5. The van der Waals surface area contributed by atoms with Gasteiger partial charge in [-0.2, -0.15) is 0 Å². The number of fused-ring (bicyclic) bond motifs is 1. The first-order valence-corrected chi connectivity index (χ1v) is 9.19. The third-order valence-electron chi connectivity index (χ3n) is 3.83. The molecule has 12 heteroatoms. The number of nitrogens with zero attached hydrogens (tertiary/aromatic N) is 2. The van der Waals surface area contributed by atoms with Gasteiger partial charge in [0.15, 0.2) is 12.4 Å². The fourth-order valence-corrected chi connectivity index (χ4v) is 3.23. The molecule has 0 unspecified atom stereocenters. The van der Waals surface area contributed by atoms with Crippen molar-refractivity contribution in [3.05, 3.63) is 51.5 Å². The van der Waals surface area contributed by atoms with Crippen molar-refractivity contribution in [2.45, 2.75) is 5.97 Å². The molecule has 0 aliphatic rings. The predicted octanol–water partition coefficient (Wildman–Crippen LogP) is 2.16. The van der Waals surface area contributed by atoms with Crippen LogP contribution in [0.4, 0.5) is 15.8 Å². The zero-order valence-corrected chi connectivity index (χ0v) is 17.1. The van der Waals surface area contributed by atoms with Crippen molar-refractivity contribution in [1.29, 1.82) is 0 Å². The van der Waals surface area contributed by atoms with Gasteiger partial charge in [-0.25, -0.2) is 14.9 Å². The summed E-state index contributed by atoms with van der Waals surface area (Å²) in [5.41, 5.74) is 2.22. The van der Waals surface area contributed by atoms with E-state index in [1.54, 1.807) is 25.2 Å². The molecule has 0 saturated heterocycles. The van der Waals surface area contributed by atoms with Gasteiger partial charge in [-0.15, -0.1) is 0 Å². The van der Waals surface area contributed by atoms with Crippen molar-refractivity contribution in [1.82, 2.24) is 15.0 Å². The number of halogens is 3. The average molecular weight is 490 g/mol. The first kappa shape index (κ1) is 21.4. The number of amides is 1. The van der Waals surface area contributed by atoms with Gasteiger partial charge in [0.1, 0.15) is 5.52 Å². The van der Waals surface area contributed by atoms with Crippen LogP contribution in [-0.2, 0) is 11.9 Å². The third-order valence-corrected chi connectivity index (χ3v) is 4.63. The quantitative estimate of drug-likeness (QED) is 0.265. The second kappa shape index (κ2) is 8.22. The van der Waals surface area contributed by atoms with E-state index in [4.69, 9.17) is 26.9 Å². The normalized spacial score (nSPS) is 11.7. The topological polar surface area (TPSA) is 129 Å². The maximum atomic E-state index is 15.2. The summed E-state index contributed by atoms with van der Waals surface area (Å²) < 4.78 is 17.4. The molecule has 0 bridgehead atoms. The number of carbonyl (C=O) groups excluding carboxylic acids is 1. The minimum atomic E-state index is -3.14. The van der Waals surface area contributed by atoms with Crippen LogP contribution in [0.3, 0.4) is 0 Å². The number of benzene rings is 2. The molecule has 2 aromatic carbocycles. The largest absolute Gasteiger partial charge is 0.351 e. The van der Waals surface area contributed by atoms with E-state index in [9.17, 15) is 4.79 Å². The van der Waals surface area contributed by atoms with Crippen LogP contribution in [-0.4, -0.2) is 43.4 Å². The lowest BCUT2D eigenvalue weighted by molar-refractivity contribution is -0.335. The van der Waals surface area contributed by atoms with Crippen molar-refractivity contribution in [2.75, 3.05) is 11.9 Å². The molecule has 0 radical (unpaired) electrons. The second-order valence-electron chi connectivity index (χ2n) is 6.08. The molecule has 0 saturated carbocycles. The molecule has 3 aromatic rings. The Balaban J connectivity index is 2.03. The van der Waals surface area contributed by atoms with Crippen LogP contribution < -0.4 is 10.8 Å². The van der Waals surface area contributed by atoms with Gasteiger partial charge in [-0.3, -0.25) is 9.63 Å². The fraction of sp³-hybridized carbons (Fsp3) is 0.176. The van der Waals surface area contributed by atoms with Crippen LogP contribution in [0.1, 0.15) is 10.4 Å². The zero-order valence-electron chi connectivity index (χ0n) is 14.8. The van der Waals surface area contributed by atoms with Crippen LogP contribution in [0.2, 0.25) is 5.02 Å². The summed E-state index contributed by atoms with van der Waals surface area (Å²) in [6.45, 7) is -1.03. The number of carbonyl (C=O) groups is 1. The lowest BCUT2D eigenvalue weighted by Crippen LogP contribution is -2.38. The Kier molecular flexibility index (Phi) is 6.08. The van der Waals surface area contributed by atoms with Gasteiger partial charge in [0.2, 0.25) is 0 Å². The van der Waals surface area contributed by atoms with Gasteiger partial charge in [0.25, 0.3) is 5.91 Å². The summed E-state index contributed by atoms with van der Waals surface area (Å²) >= 11 is 9.45. The Morgan fingerprint density at radius 2 is 2.10 bits per heavy atom. The molecule has 0 aliphatic heterocycles. The molecule has 0 atom stereocenters. The van der Waals surface area contributed by atoms with Gasteiger partial charge >= 0.3 is 5.97 Å². The predicted molar refractivity (Wildman–Crippen MR) is 106 cm³/mol. The molecule has 1 aromatic heterocycles. The third kappa shape index (κ3) is 4.83. The number of hydroxylamine groups is 1. The maximum absolute atomic E-state index is 15.2. The monoisotopic (exact) mass is 488 g/mol. The van der Waals surface area contributed by atoms with E-state index in [0.29, 0.717) is 15.7 Å². The van der Waals surface area contributed by atoms with E-state index in [1.165, 1.54) is 17.0 Å². The van der Waals surface area contributed by atoms with Crippen LogP contribution in [0.15, 0.2) is 35.1 Å². The zero-order chi connectivity index (χ0) is 21.3. The van der Waals surface area contributed by atoms with Gasteiger partial charge in [0.05, 0.1) is 33.8 Å². The minimum absolute atomic E-state index is 0.0285. The molecule has 1 heterocycles. The first-order chi connectivity index (χ1) is 13.6. The highest BCUT2D eigenvalue weighted by Crippen LogP contribution is 2.34. The highest BCUT2D eigenvalue weighted by molar-refractivity contribution is 9.10. The standard InChI is InChI=1S/C17H15BrClFN4O5/c1-24-7-21-15-12(24)5-9(16(25)23-29-6-17(26,27)28)14(13(15)20)22-11-3-2-8(18)4-10(11)19/h2-5,7,22,26-28H,6H2,1H3,(H,23,25). The Morgan fingerprint density at radius 3 is 2.76 bits per heavy atom. The Labute approximate surface area is 176 Å².